The predicted octanol–water partition coefficient (Wildman–Crippen LogP) is 5.18. The number of allylic oxidation sites excluding steroid dienone is 1. The Kier molecular flexibility index (Phi) is 6.43. The molecular formula is C26H20ClNO4S. The molecule has 0 saturated heterocycles. The third-order valence-corrected chi connectivity index (χ3v) is 7.04. The van der Waals surface area contributed by atoms with Crippen molar-refractivity contribution in [1.29, 1.82) is 0 Å². The summed E-state index contributed by atoms with van der Waals surface area (Å²) in [6.45, 7) is 1.84. The molecule has 0 spiro atoms. The van der Waals surface area contributed by atoms with E-state index < -0.39 is 27.6 Å². The summed E-state index contributed by atoms with van der Waals surface area (Å²) in [5.74, 6) is 0.902. The summed E-state index contributed by atoms with van der Waals surface area (Å²) in [5.41, 5.74) is 1.72. The topological polar surface area (TPSA) is 80.6 Å². The highest BCUT2D eigenvalue weighted by Gasteiger charge is 2.49. The van der Waals surface area contributed by atoms with Crippen molar-refractivity contribution in [2.75, 3.05) is 0 Å². The van der Waals surface area contributed by atoms with E-state index >= 15 is 0 Å². The molecule has 166 valence electrons. The number of ketones is 2. The van der Waals surface area contributed by atoms with Crippen molar-refractivity contribution in [2.24, 2.45) is 16.2 Å². The van der Waals surface area contributed by atoms with Crippen LogP contribution >= 0.6 is 11.6 Å². The molecule has 0 unspecified atom stereocenters. The zero-order valence-corrected chi connectivity index (χ0v) is 19.3. The molecule has 33 heavy (non-hydrogen) atoms. The van der Waals surface area contributed by atoms with Gasteiger partial charge in [0.2, 0.25) is 0 Å². The molecule has 1 fully saturated rings. The molecule has 1 aliphatic carbocycles. The number of halogens is 1. The van der Waals surface area contributed by atoms with Crippen LogP contribution in [0.25, 0.3) is 5.57 Å². The van der Waals surface area contributed by atoms with E-state index in [2.05, 4.69) is 10.3 Å². The Bertz CT molecular complexity index is 1390. The lowest BCUT2D eigenvalue weighted by atomic mass is 9.97. The summed E-state index contributed by atoms with van der Waals surface area (Å²) >= 11 is 6.30. The SMILES string of the molecule is Cc1ccc(S(=O)(=O)N=C=C(C(=O)[C@@H]2C[C@H]2C(=O)c2ccccc2)c2ccccc2Cl)cc1. The lowest BCUT2D eigenvalue weighted by Gasteiger charge is -2.06. The molecule has 0 heterocycles. The highest BCUT2D eigenvalue weighted by molar-refractivity contribution is 7.90. The van der Waals surface area contributed by atoms with Crippen molar-refractivity contribution >= 4 is 44.6 Å². The molecule has 1 aliphatic rings. The Hall–Kier alpha value is -3.31. The fourth-order valence-electron chi connectivity index (χ4n) is 3.56. The van der Waals surface area contributed by atoms with Crippen molar-refractivity contribution in [3.63, 3.8) is 0 Å². The van der Waals surface area contributed by atoms with E-state index in [1.165, 1.54) is 12.1 Å². The first-order valence-corrected chi connectivity index (χ1v) is 12.1. The van der Waals surface area contributed by atoms with Gasteiger partial charge in [-0.15, -0.1) is 4.40 Å². The maximum absolute atomic E-state index is 13.3. The minimum absolute atomic E-state index is 0.00453. The van der Waals surface area contributed by atoms with E-state index in [0.717, 1.165) is 5.56 Å². The molecule has 0 amide bonds. The number of nitrogens with zero attached hydrogens (tertiary/aromatic N) is 1. The second kappa shape index (κ2) is 9.28. The fourth-order valence-corrected chi connectivity index (χ4v) is 4.58. The van der Waals surface area contributed by atoms with Crippen LogP contribution in [-0.4, -0.2) is 25.9 Å². The van der Waals surface area contributed by atoms with E-state index in [4.69, 9.17) is 11.6 Å². The van der Waals surface area contributed by atoms with Crippen LogP contribution in [-0.2, 0) is 14.8 Å². The first-order valence-electron chi connectivity index (χ1n) is 10.3. The Morgan fingerprint density at radius 1 is 0.909 bits per heavy atom. The van der Waals surface area contributed by atoms with Crippen molar-refractivity contribution in [1.82, 2.24) is 0 Å². The van der Waals surface area contributed by atoms with Crippen molar-refractivity contribution in [3.8, 4) is 0 Å². The molecule has 4 rings (SSSR count). The average molecular weight is 478 g/mol. The minimum atomic E-state index is -4.07. The zero-order valence-electron chi connectivity index (χ0n) is 17.7. The molecule has 3 aromatic rings. The molecule has 2 atom stereocenters. The molecule has 0 N–H and O–H groups in total. The van der Waals surface area contributed by atoms with Gasteiger partial charge < -0.3 is 0 Å². The number of rotatable bonds is 7. The summed E-state index contributed by atoms with van der Waals surface area (Å²) in [7, 11) is -4.07. The lowest BCUT2D eigenvalue weighted by molar-refractivity contribution is -0.115. The van der Waals surface area contributed by atoms with E-state index in [-0.39, 0.29) is 21.3 Å². The van der Waals surface area contributed by atoms with E-state index in [1.54, 1.807) is 60.7 Å². The van der Waals surface area contributed by atoms with Gasteiger partial charge in [-0.2, -0.15) is 8.42 Å². The van der Waals surface area contributed by atoms with Crippen LogP contribution in [0.15, 0.2) is 88.2 Å². The lowest BCUT2D eigenvalue weighted by Crippen LogP contribution is -2.11. The van der Waals surface area contributed by atoms with Crippen molar-refractivity contribution < 1.29 is 18.0 Å². The Morgan fingerprint density at radius 2 is 1.55 bits per heavy atom. The number of aryl methyl sites for hydroxylation is 1. The summed E-state index contributed by atoms with van der Waals surface area (Å²) in [6.07, 6.45) is 0.382. The second-order valence-electron chi connectivity index (χ2n) is 7.89. The molecule has 3 aromatic carbocycles. The van der Waals surface area contributed by atoms with Gasteiger partial charge in [0.25, 0.3) is 10.0 Å². The van der Waals surface area contributed by atoms with Gasteiger partial charge in [-0.3, -0.25) is 9.59 Å². The number of carbonyl (C=O) groups is 2. The van der Waals surface area contributed by atoms with Gasteiger partial charge in [0, 0.05) is 33.9 Å². The van der Waals surface area contributed by atoms with Crippen LogP contribution in [0.2, 0.25) is 5.02 Å². The minimum Gasteiger partial charge on any atom is -0.294 e. The highest BCUT2D eigenvalue weighted by Crippen LogP contribution is 2.44. The highest BCUT2D eigenvalue weighted by atomic mass is 35.5. The van der Waals surface area contributed by atoms with Crippen LogP contribution in [0.5, 0.6) is 0 Å². The first kappa shape index (κ1) is 22.9. The second-order valence-corrected chi connectivity index (χ2v) is 9.90. The van der Waals surface area contributed by atoms with Gasteiger partial charge >= 0.3 is 0 Å². The van der Waals surface area contributed by atoms with E-state index in [9.17, 15) is 18.0 Å². The van der Waals surface area contributed by atoms with E-state index in [0.29, 0.717) is 17.5 Å². The van der Waals surface area contributed by atoms with Gasteiger partial charge in [0.05, 0.1) is 10.5 Å². The third kappa shape index (κ3) is 5.04. The number of Topliss-reactive ketones (excluding diaryl/α,β-unsaturated/α-hetero) is 2. The van der Waals surface area contributed by atoms with Crippen LogP contribution in [0, 0.1) is 18.8 Å². The van der Waals surface area contributed by atoms with E-state index in [1.807, 2.05) is 13.0 Å². The monoisotopic (exact) mass is 477 g/mol. The Balaban J connectivity index is 1.70. The number of hydrogen-bond donors (Lipinski definition) is 0. The maximum atomic E-state index is 13.3. The van der Waals surface area contributed by atoms with Crippen LogP contribution < -0.4 is 0 Å². The van der Waals surface area contributed by atoms with Crippen LogP contribution in [0.4, 0.5) is 0 Å². The zero-order chi connectivity index (χ0) is 23.6. The maximum Gasteiger partial charge on any atom is 0.289 e. The van der Waals surface area contributed by atoms with Crippen molar-refractivity contribution in [2.45, 2.75) is 18.2 Å². The number of carbonyl (C=O) groups excluding carboxylic acids is 2. The molecule has 1 saturated carbocycles. The van der Waals surface area contributed by atoms with Crippen molar-refractivity contribution in [3.05, 3.63) is 101 Å². The Labute approximate surface area is 197 Å². The number of hydrogen-bond acceptors (Lipinski definition) is 4. The van der Waals surface area contributed by atoms with Gasteiger partial charge in [-0.25, -0.2) is 0 Å². The molecule has 5 nitrogen and oxygen atoms in total. The smallest absolute Gasteiger partial charge is 0.289 e. The van der Waals surface area contributed by atoms with Crippen LogP contribution in [0.3, 0.4) is 0 Å². The van der Waals surface area contributed by atoms with Gasteiger partial charge in [0.15, 0.2) is 11.6 Å². The number of benzene rings is 3. The van der Waals surface area contributed by atoms with Gasteiger partial charge in [-0.05, 0) is 31.5 Å². The summed E-state index contributed by atoms with van der Waals surface area (Å²) < 4.78 is 29.0. The first-order chi connectivity index (χ1) is 15.8. The number of sulfonamides is 1. The molecule has 0 aromatic heterocycles. The molecule has 0 aliphatic heterocycles. The van der Waals surface area contributed by atoms with Crippen LogP contribution in [0.1, 0.15) is 27.9 Å². The quantitative estimate of drug-likeness (QED) is 0.267. The third-order valence-electron chi connectivity index (χ3n) is 5.51. The average Bonchev–Trinajstić information content (AvgIpc) is 3.61. The predicted molar refractivity (Wildman–Crippen MR) is 128 cm³/mol. The normalized spacial score (nSPS) is 17.0. The largest absolute Gasteiger partial charge is 0.294 e. The summed E-state index contributed by atoms with van der Waals surface area (Å²) in [5, 5.41) is 0.267. The fraction of sp³-hybridized carbons (Fsp3) is 0.154. The Morgan fingerprint density at radius 3 is 2.21 bits per heavy atom. The summed E-state index contributed by atoms with van der Waals surface area (Å²) in [4.78, 5) is 26.1. The summed E-state index contributed by atoms with van der Waals surface area (Å²) in [6, 6.07) is 21.6. The molecule has 7 heteroatoms. The van der Waals surface area contributed by atoms with Gasteiger partial charge in [-0.1, -0.05) is 77.8 Å². The standard InChI is InChI=1S/C26H20ClNO4S/c1-17-11-13-19(14-12-17)33(31,32)28-16-23(20-9-5-6-10-24(20)27)26(30)22-15-21(22)25(29)18-7-3-2-4-8-18/h2-14,21-22H,15H2,1H3/t21-,22-/m1/s1. The molecular weight excluding hydrogens is 458 g/mol. The molecule has 0 radical (unpaired) electrons. The van der Waals surface area contributed by atoms with Gasteiger partial charge in [0.1, 0.15) is 0 Å². The molecule has 0 bridgehead atoms.